The second kappa shape index (κ2) is 26.4. The number of allylic oxidation sites excluding steroid dienone is 8. The van der Waals surface area contributed by atoms with Gasteiger partial charge in [-0.25, -0.2) is 33.7 Å². The van der Waals surface area contributed by atoms with E-state index in [2.05, 4.69) is 0 Å². The molecule has 5 rings (SSSR count). The number of fused-ring (bicyclic) bond motifs is 2. The van der Waals surface area contributed by atoms with Crippen molar-refractivity contribution in [1.29, 1.82) is 0 Å². The number of carbonyl (C=O) groups is 1. The van der Waals surface area contributed by atoms with Gasteiger partial charge < -0.3 is 47.2 Å². The van der Waals surface area contributed by atoms with Crippen molar-refractivity contribution in [2.75, 3.05) is 82.9 Å². The number of carboxylic acid groups (broad SMARTS) is 1. The van der Waals surface area contributed by atoms with Gasteiger partial charge in [-0.3, -0.25) is 4.79 Å². The van der Waals surface area contributed by atoms with E-state index < -0.39 is 78.6 Å². The first-order valence-electron chi connectivity index (χ1n) is 24.1. The largest absolute Gasteiger partial charge is 0.748 e. The number of halogens is 1. The summed E-state index contributed by atoms with van der Waals surface area (Å²) in [6, 6.07) is 7.95. The van der Waals surface area contributed by atoms with E-state index >= 15 is 0 Å². The monoisotopic (exact) mass is 1130 g/mol. The Morgan fingerprint density at radius 1 is 0.716 bits per heavy atom. The van der Waals surface area contributed by atoms with E-state index in [-0.39, 0.29) is 58.5 Å². The van der Waals surface area contributed by atoms with Gasteiger partial charge in [0, 0.05) is 77.5 Å². The Kier molecular flexibility index (Phi) is 21.8. The summed E-state index contributed by atoms with van der Waals surface area (Å²) in [5.74, 6) is -2.34. The Labute approximate surface area is 439 Å². The van der Waals surface area contributed by atoms with E-state index in [9.17, 15) is 61.8 Å². The van der Waals surface area contributed by atoms with Crippen LogP contribution in [0.5, 0.6) is 0 Å². The molecule has 0 fully saturated rings. The van der Waals surface area contributed by atoms with Crippen molar-refractivity contribution in [3.8, 4) is 0 Å². The van der Waals surface area contributed by atoms with Crippen LogP contribution >= 0.6 is 11.6 Å². The number of unbranched alkanes of at least 4 members (excludes halogenated alkanes) is 2. The predicted molar refractivity (Wildman–Crippen MR) is 271 cm³/mol. The molecule has 0 amide bonds. The lowest BCUT2D eigenvalue weighted by atomic mass is 9.75. The maximum absolute atomic E-state index is 12.3. The first kappa shape index (κ1) is 61.0. The molecule has 2 aromatic carbocycles. The molecule has 0 saturated heterocycles. The van der Waals surface area contributed by atoms with E-state index in [4.69, 9.17) is 30.5 Å². The fourth-order valence-electron chi connectivity index (χ4n) is 9.72. The number of carboxylic acids is 1. The van der Waals surface area contributed by atoms with Crippen LogP contribution in [0.25, 0.3) is 0 Å². The number of hydrogen-bond acceptors (Lipinski definition) is 18. The molecule has 0 aromatic heterocycles. The highest BCUT2D eigenvalue weighted by Gasteiger charge is 2.48. The molecule has 2 heterocycles. The SMILES string of the molecule is COCCOCCOCCOCCN1/C(=C/C=C2\CCCC(/C=C/C3=[N+](CCCCCC(=O)O)c4ccc(S(=O)(=O)[O-])cc4C3(C)CCCS(=O)(=O)[O-])=C2Cl)C(C)(CCCS(=O)(=O)[O-])c2cc(S(=O)(=O)[O-])ccc21. The summed E-state index contributed by atoms with van der Waals surface area (Å²) in [5, 5.41) is 9.59. The summed E-state index contributed by atoms with van der Waals surface area (Å²) in [6.45, 7) is 6.35. The van der Waals surface area contributed by atoms with Crippen LogP contribution < -0.4 is 4.90 Å². The average molecular weight is 1130 g/mol. The van der Waals surface area contributed by atoms with E-state index in [0.29, 0.717) is 122 Å². The van der Waals surface area contributed by atoms with Gasteiger partial charge >= 0.3 is 5.97 Å². The fourth-order valence-corrected chi connectivity index (χ4v) is 12.0. The molecule has 0 radical (unpaired) electrons. The van der Waals surface area contributed by atoms with E-state index in [0.717, 1.165) is 0 Å². The van der Waals surface area contributed by atoms with Crippen molar-refractivity contribution in [2.24, 2.45) is 0 Å². The lowest BCUT2D eigenvalue weighted by molar-refractivity contribution is -0.438. The Morgan fingerprint density at radius 3 is 1.86 bits per heavy atom. The Bertz CT molecular complexity index is 2970. The van der Waals surface area contributed by atoms with Crippen LogP contribution in [0.15, 0.2) is 92.4 Å². The molecule has 25 heteroatoms. The lowest BCUT2D eigenvalue weighted by Gasteiger charge is -2.31. The molecular weight excluding hydrogens is 1070 g/mol. The van der Waals surface area contributed by atoms with Crippen LogP contribution in [-0.2, 0) is 75.0 Å². The minimum absolute atomic E-state index is 0.0428. The number of anilines is 1. The summed E-state index contributed by atoms with van der Waals surface area (Å²) in [5.41, 5.74) is 2.24. The summed E-state index contributed by atoms with van der Waals surface area (Å²) in [7, 11) is -17.6. The van der Waals surface area contributed by atoms with Crippen molar-refractivity contribution < 1.29 is 85.3 Å². The minimum atomic E-state index is -4.93. The molecule has 20 nitrogen and oxygen atoms in total. The molecule has 74 heavy (non-hydrogen) atoms. The number of aliphatic carboxylic acids is 1. The molecule has 0 spiro atoms. The van der Waals surface area contributed by atoms with Gasteiger partial charge in [-0.2, -0.15) is 4.58 Å². The highest BCUT2D eigenvalue weighted by molar-refractivity contribution is 7.86. The van der Waals surface area contributed by atoms with Crippen LogP contribution in [0.1, 0.15) is 95.6 Å². The number of rotatable bonds is 31. The molecule has 0 saturated carbocycles. The summed E-state index contributed by atoms with van der Waals surface area (Å²) < 4.78 is 168. The lowest BCUT2D eigenvalue weighted by Crippen LogP contribution is -2.32. The number of nitrogens with zero attached hydrogens (tertiary/aromatic N) is 2. The smallest absolute Gasteiger partial charge is 0.303 e. The van der Waals surface area contributed by atoms with Crippen molar-refractivity contribution >= 4 is 75.1 Å². The quantitative estimate of drug-likeness (QED) is 0.0540. The number of ether oxygens (including phenoxy) is 4. The molecule has 2 atom stereocenters. The van der Waals surface area contributed by atoms with Gasteiger partial charge in [0.25, 0.3) is 0 Å². The first-order chi connectivity index (χ1) is 34.7. The highest BCUT2D eigenvalue weighted by Crippen LogP contribution is 2.52. The molecule has 2 aliphatic heterocycles. The third-order valence-corrected chi connectivity index (χ3v) is 17.1. The Balaban J connectivity index is 1.56. The van der Waals surface area contributed by atoms with E-state index in [1.54, 1.807) is 45.3 Å². The van der Waals surface area contributed by atoms with Crippen LogP contribution in [0.2, 0.25) is 0 Å². The predicted octanol–water partition coefficient (Wildman–Crippen LogP) is 5.66. The number of benzene rings is 2. The van der Waals surface area contributed by atoms with Gasteiger partial charge in [-0.15, -0.1) is 0 Å². The molecular formula is C49H64ClN2O18S4-3. The van der Waals surface area contributed by atoms with Gasteiger partial charge in [0.05, 0.1) is 81.7 Å². The fraction of sp³-hybridized carbons (Fsp3) is 0.551. The van der Waals surface area contributed by atoms with E-state index in [1.165, 1.54) is 36.4 Å². The second-order valence-electron chi connectivity index (χ2n) is 18.7. The summed E-state index contributed by atoms with van der Waals surface area (Å²) >= 11 is 7.25. The average Bonchev–Trinajstić information content (AvgIpc) is 3.67. The second-order valence-corrected chi connectivity index (χ2v) is 24.8. The minimum Gasteiger partial charge on any atom is -0.748 e. The molecule has 2 aromatic rings. The summed E-state index contributed by atoms with van der Waals surface area (Å²) in [6.07, 6.45) is 10.2. The summed E-state index contributed by atoms with van der Waals surface area (Å²) in [4.78, 5) is 12.2. The highest BCUT2D eigenvalue weighted by atomic mass is 35.5. The maximum Gasteiger partial charge on any atom is 0.303 e. The van der Waals surface area contributed by atoms with Crippen LogP contribution in [0.3, 0.4) is 0 Å². The topological polar surface area (TPSA) is 309 Å². The number of methoxy groups -OCH3 is 1. The van der Waals surface area contributed by atoms with Gasteiger partial charge in [-0.05, 0) is 125 Å². The standard InChI is InChI=1S/C49H67ClN2O18S4/c1-48(21-8-32-71(55,56)57)40-34-38(73(61,62)63)15-17-42(40)51(23-6-4-5-12-46(53)54)44(48)19-13-36-10-7-11-37(47(36)50)14-20-45-49(2,22-9-33-72(58,59)60)41-35-39(74(64,65)66)16-18-43(41)52(45)24-25-68-28-29-70-31-30-69-27-26-67-3/h13-20,34-35H,4-12,21-33H2,1-3H3,(H4-,53,54,55,56,57,58,59,60,61,62,63,64,65,66)/p-3. The zero-order chi connectivity index (χ0) is 54.5. The van der Waals surface area contributed by atoms with Crippen molar-refractivity contribution in [1.82, 2.24) is 0 Å². The van der Waals surface area contributed by atoms with Crippen molar-refractivity contribution in [2.45, 2.75) is 105 Å². The maximum atomic E-state index is 12.3. The normalized spacial score (nSPS) is 20.7. The van der Waals surface area contributed by atoms with Crippen molar-refractivity contribution in [3.63, 3.8) is 0 Å². The van der Waals surface area contributed by atoms with Crippen LogP contribution in [0, 0.1) is 0 Å². The molecule has 412 valence electrons. The molecule has 0 bridgehead atoms. The third-order valence-electron chi connectivity index (χ3n) is 13.4. The first-order valence-corrected chi connectivity index (χ1v) is 30.5. The van der Waals surface area contributed by atoms with Crippen LogP contribution in [0.4, 0.5) is 11.4 Å². The van der Waals surface area contributed by atoms with Crippen LogP contribution in [-0.4, -0.2) is 151 Å². The number of hydrogen-bond donors (Lipinski definition) is 1. The van der Waals surface area contributed by atoms with Gasteiger partial charge in [0.2, 0.25) is 5.69 Å². The Hall–Kier alpha value is -3.89. The van der Waals surface area contributed by atoms with Gasteiger partial charge in [0.1, 0.15) is 26.8 Å². The van der Waals surface area contributed by atoms with Gasteiger partial charge in [0.15, 0.2) is 5.71 Å². The molecule has 1 N–H and O–H groups in total. The van der Waals surface area contributed by atoms with E-state index in [1.807, 2.05) is 9.48 Å². The molecule has 1 aliphatic carbocycles. The molecule has 3 aliphatic rings. The third kappa shape index (κ3) is 16.8. The molecule has 2 unspecified atom stereocenters. The zero-order valence-corrected chi connectivity index (χ0v) is 45.6. The Morgan fingerprint density at radius 2 is 1.28 bits per heavy atom. The van der Waals surface area contributed by atoms with Gasteiger partial charge in [-0.1, -0.05) is 23.8 Å². The zero-order valence-electron chi connectivity index (χ0n) is 41.6. The van der Waals surface area contributed by atoms with Crippen molar-refractivity contribution in [3.05, 3.63) is 93.7 Å².